The van der Waals surface area contributed by atoms with Gasteiger partial charge in [-0.3, -0.25) is 4.57 Å². The van der Waals surface area contributed by atoms with Gasteiger partial charge in [-0.25, -0.2) is 27.9 Å². The van der Waals surface area contributed by atoms with E-state index in [1.54, 1.807) is 23.0 Å². The number of aromatic nitrogens is 6. The highest BCUT2D eigenvalue weighted by molar-refractivity contribution is 5.86. The zero-order chi connectivity index (χ0) is 30.9. The summed E-state index contributed by atoms with van der Waals surface area (Å²) in [5.74, 6) is -3.80. The number of anilines is 2. The number of hydrogen-bond donors (Lipinski definition) is 3. The van der Waals surface area contributed by atoms with Crippen molar-refractivity contribution in [1.29, 1.82) is 0 Å². The van der Waals surface area contributed by atoms with Crippen molar-refractivity contribution in [1.82, 2.24) is 29.5 Å². The summed E-state index contributed by atoms with van der Waals surface area (Å²) in [5, 5.41) is 10.4. The van der Waals surface area contributed by atoms with E-state index in [2.05, 4.69) is 20.3 Å². The molecule has 0 bridgehead atoms. The molecule has 11 nitrogen and oxygen atoms in total. The summed E-state index contributed by atoms with van der Waals surface area (Å²) >= 11 is 0. The second-order valence-corrected chi connectivity index (χ2v) is 9.29. The third-order valence-corrected chi connectivity index (χ3v) is 6.33. The van der Waals surface area contributed by atoms with Gasteiger partial charge in [-0.05, 0) is 37.3 Å². The Hall–Kier alpha value is -4.93. The van der Waals surface area contributed by atoms with Gasteiger partial charge in [-0.1, -0.05) is 6.07 Å². The molecule has 0 spiro atoms. The van der Waals surface area contributed by atoms with E-state index in [9.17, 15) is 26.3 Å². The Morgan fingerprint density at radius 3 is 2.47 bits per heavy atom. The Morgan fingerprint density at radius 2 is 1.79 bits per heavy atom. The van der Waals surface area contributed by atoms with Crippen molar-refractivity contribution in [2.24, 2.45) is 0 Å². The van der Waals surface area contributed by atoms with E-state index in [4.69, 9.17) is 24.6 Å². The van der Waals surface area contributed by atoms with Crippen LogP contribution in [0.1, 0.15) is 18.8 Å². The van der Waals surface area contributed by atoms with Crippen LogP contribution in [-0.2, 0) is 9.53 Å². The molecule has 0 amide bonds. The third kappa shape index (κ3) is 6.30. The van der Waals surface area contributed by atoms with Gasteiger partial charge in [0.2, 0.25) is 5.95 Å². The highest BCUT2D eigenvalue weighted by atomic mass is 19.4. The summed E-state index contributed by atoms with van der Waals surface area (Å²) in [5.41, 5.74) is 1.84. The number of morpholine rings is 1. The number of aromatic amines is 1. The molecule has 5 aromatic rings. The van der Waals surface area contributed by atoms with Gasteiger partial charge in [-0.15, -0.1) is 0 Å². The van der Waals surface area contributed by atoms with Crippen LogP contribution >= 0.6 is 0 Å². The highest BCUT2D eigenvalue weighted by Crippen LogP contribution is 2.29. The second kappa shape index (κ2) is 11.7. The predicted molar refractivity (Wildman–Crippen MR) is 141 cm³/mol. The maximum atomic E-state index is 14.2. The minimum atomic E-state index is -5.08. The molecule has 43 heavy (non-hydrogen) atoms. The van der Waals surface area contributed by atoms with Crippen LogP contribution in [0.5, 0.6) is 0 Å². The summed E-state index contributed by atoms with van der Waals surface area (Å²) in [6.45, 7) is 4.14. The molecular weight excluding hydrogens is 586 g/mol. The standard InChI is InChI=1S/C24H21F3N8O.C2HF3O2/c1-13(21-30-17-6-5-16(26)18(27)19(17)31-21)29-22-20-23(33-24(32-22)34-7-9-36-10-8-34)35(12-28-20)15-4-2-3-14(25)11-15;3-2(4,5)1(6)7/h2-6,11-13H,7-10H2,1H3,(H,30,31)(H,29,32,33);(H,6,7)/t13-;/m0./s1. The molecule has 1 saturated heterocycles. The van der Waals surface area contributed by atoms with Crippen LogP contribution in [0.3, 0.4) is 0 Å². The molecule has 0 unspecified atom stereocenters. The second-order valence-electron chi connectivity index (χ2n) is 9.29. The normalized spacial score (nSPS) is 14.4. The van der Waals surface area contributed by atoms with Gasteiger partial charge < -0.3 is 25.0 Å². The molecule has 2 aromatic carbocycles. The molecule has 1 atom stereocenters. The van der Waals surface area contributed by atoms with Crippen molar-refractivity contribution >= 4 is 39.9 Å². The minimum Gasteiger partial charge on any atom is -0.475 e. The SMILES string of the molecule is C[C@H](Nc1nc(N2CCOCC2)nc2c1ncn2-c1cccc(F)c1)c1nc2c(F)c(F)ccc2[nH]1.O=C(O)C(F)(F)F. The summed E-state index contributed by atoms with van der Waals surface area (Å²) in [7, 11) is 0. The lowest BCUT2D eigenvalue weighted by Crippen LogP contribution is -2.37. The van der Waals surface area contributed by atoms with Crippen LogP contribution in [0.4, 0.5) is 38.1 Å². The lowest BCUT2D eigenvalue weighted by Gasteiger charge is -2.27. The average Bonchev–Trinajstić information content (AvgIpc) is 3.61. The van der Waals surface area contributed by atoms with Crippen molar-refractivity contribution in [3.05, 3.63) is 66.0 Å². The number of fused-ring (bicyclic) bond motifs is 2. The van der Waals surface area contributed by atoms with E-state index < -0.39 is 29.8 Å². The molecule has 0 aliphatic carbocycles. The fourth-order valence-electron chi connectivity index (χ4n) is 4.22. The van der Waals surface area contributed by atoms with Crippen molar-refractivity contribution < 1.29 is 41.0 Å². The Morgan fingerprint density at radius 1 is 1.07 bits per heavy atom. The van der Waals surface area contributed by atoms with Crippen LogP contribution in [0.25, 0.3) is 27.9 Å². The molecule has 226 valence electrons. The fraction of sp³-hybridized carbons (Fsp3) is 0.269. The lowest BCUT2D eigenvalue weighted by atomic mass is 10.3. The van der Waals surface area contributed by atoms with Crippen molar-refractivity contribution in [2.75, 3.05) is 36.5 Å². The van der Waals surface area contributed by atoms with E-state index in [0.717, 1.165) is 6.07 Å². The van der Waals surface area contributed by atoms with E-state index >= 15 is 0 Å². The smallest absolute Gasteiger partial charge is 0.475 e. The molecule has 1 fully saturated rings. The largest absolute Gasteiger partial charge is 0.490 e. The number of H-pyrrole nitrogens is 1. The maximum Gasteiger partial charge on any atom is 0.490 e. The van der Waals surface area contributed by atoms with Crippen molar-refractivity contribution in [3.8, 4) is 5.69 Å². The van der Waals surface area contributed by atoms with Crippen LogP contribution in [-0.4, -0.2) is 73.0 Å². The average molecular weight is 609 g/mol. The number of benzene rings is 2. The quantitative estimate of drug-likeness (QED) is 0.242. The van der Waals surface area contributed by atoms with Crippen molar-refractivity contribution in [2.45, 2.75) is 19.1 Å². The molecule has 4 heterocycles. The number of nitrogens with one attached hydrogen (secondary N) is 2. The predicted octanol–water partition coefficient (Wildman–Crippen LogP) is 4.75. The molecule has 3 N–H and O–H groups in total. The van der Waals surface area contributed by atoms with Gasteiger partial charge in [-0.2, -0.15) is 23.1 Å². The van der Waals surface area contributed by atoms with Gasteiger partial charge in [0, 0.05) is 13.1 Å². The Kier molecular flexibility index (Phi) is 8.08. The number of hydrogen-bond acceptors (Lipinski definition) is 8. The number of aliphatic carboxylic acids is 1. The molecule has 1 aliphatic heterocycles. The summed E-state index contributed by atoms with van der Waals surface area (Å²) < 4.78 is 80.7. The molecule has 0 saturated carbocycles. The van der Waals surface area contributed by atoms with E-state index in [1.807, 2.05) is 11.8 Å². The number of carboxylic acid groups (broad SMARTS) is 1. The monoisotopic (exact) mass is 608 g/mol. The zero-order valence-corrected chi connectivity index (χ0v) is 22.2. The van der Waals surface area contributed by atoms with Crippen LogP contribution in [0, 0.1) is 17.5 Å². The molecule has 3 aromatic heterocycles. The van der Waals surface area contributed by atoms with Gasteiger partial charge in [0.25, 0.3) is 0 Å². The molecule has 17 heteroatoms. The highest BCUT2D eigenvalue weighted by Gasteiger charge is 2.38. The first-order chi connectivity index (χ1) is 20.4. The van der Waals surface area contributed by atoms with Gasteiger partial charge >= 0.3 is 12.1 Å². The summed E-state index contributed by atoms with van der Waals surface area (Å²) in [6, 6.07) is 8.18. The molecular formula is C26H22F6N8O3. The fourth-order valence-corrected chi connectivity index (χ4v) is 4.22. The maximum absolute atomic E-state index is 14.2. The number of carbonyl (C=O) groups is 1. The first kappa shape index (κ1) is 29.6. The van der Waals surface area contributed by atoms with Crippen LogP contribution in [0.2, 0.25) is 0 Å². The number of nitrogens with zero attached hydrogens (tertiary/aromatic N) is 6. The minimum absolute atomic E-state index is 0.0733. The lowest BCUT2D eigenvalue weighted by molar-refractivity contribution is -0.192. The van der Waals surface area contributed by atoms with Crippen molar-refractivity contribution in [3.63, 3.8) is 0 Å². The number of imidazole rings is 2. The Balaban J connectivity index is 0.000000472. The molecule has 0 radical (unpaired) electrons. The number of alkyl halides is 3. The number of carboxylic acids is 1. The first-order valence-electron chi connectivity index (χ1n) is 12.7. The molecule has 6 rings (SSSR count). The van der Waals surface area contributed by atoms with E-state index in [0.29, 0.717) is 66.3 Å². The number of ether oxygens (including phenoxy) is 1. The van der Waals surface area contributed by atoms with Gasteiger partial charge in [0.05, 0.1) is 30.5 Å². The van der Waals surface area contributed by atoms with Crippen LogP contribution in [0.15, 0.2) is 42.7 Å². The third-order valence-electron chi connectivity index (χ3n) is 6.33. The van der Waals surface area contributed by atoms with Gasteiger partial charge in [0.15, 0.2) is 28.6 Å². The number of halogens is 6. The van der Waals surface area contributed by atoms with E-state index in [1.165, 1.54) is 18.2 Å². The molecule has 1 aliphatic rings. The first-order valence-corrected chi connectivity index (χ1v) is 12.7. The zero-order valence-electron chi connectivity index (χ0n) is 22.2. The number of rotatable bonds is 5. The summed E-state index contributed by atoms with van der Waals surface area (Å²) in [6.07, 6.45) is -3.52. The summed E-state index contributed by atoms with van der Waals surface area (Å²) in [4.78, 5) is 32.1. The van der Waals surface area contributed by atoms with Crippen LogP contribution < -0.4 is 10.2 Å². The Bertz CT molecular complexity index is 1780. The Labute approximate surface area is 238 Å². The van der Waals surface area contributed by atoms with Gasteiger partial charge in [0.1, 0.15) is 23.5 Å². The topological polar surface area (TPSA) is 134 Å². The van der Waals surface area contributed by atoms with E-state index in [-0.39, 0.29) is 11.3 Å².